The Bertz CT molecular complexity index is 609. The van der Waals surface area contributed by atoms with Crippen LogP contribution in [0.25, 0.3) is 0 Å². The number of pyridine rings is 1. The van der Waals surface area contributed by atoms with Crippen molar-refractivity contribution in [2.24, 2.45) is 0 Å². The third-order valence-corrected chi connectivity index (χ3v) is 3.44. The fourth-order valence-corrected chi connectivity index (χ4v) is 2.47. The first-order valence-corrected chi connectivity index (χ1v) is 7.40. The predicted octanol–water partition coefficient (Wildman–Crippen LogP) is 2.12. The van der Waals surface area contributed by atoms with E-state index >= 15 is 0 Å². The first-order valence-electron chi connectivity index (χ1n) is 6.59. The Labute approximate surface area is 122 Å². The molecule has 5 nitrogen and oxygen atoms in total. The van der Waals surface area contributed by atoms with Crippen LogP contribution in [0.15, 0.2) is 39.4 Å². The first kappa shape index (κ1) is 14.7. The second-order valence-corrected chi connectivity index (χ2v) is 5.48. The average molecular weight is 290 g/mol. The molecular weight excluding hydrogens is 272 g/mol. The molecule has 2 rings (SSSR count). The summed E-state index contributed by atoms with van der Waals surface area (Å²) in [6.45, 7) is 5.77. The van der Waals surface area contributed by atoms with Crippen LogP contribution >= 0.6 is 11.8 Å². The van der Waals surface area contributed by atoms with Gasteiger partial charge in [-0.2, -0.15) is 0 Å². The monoisotopic (exact) mass is 290 g/mol. The maximum Gasteiger partial charge on any atom is 0.251 e. The van der Waals surface area contributed by atoms with E-state index in [0.29, 0.717) is 10.9 Å². The Balaban J connectivity index is 2.01. The lowest BCUT2D eigenvalue weighted by atomic mass is 10.3. The van der Waals surface area contributed by atoms with Gasteiger partial charge in [0.05, 0.1) is 0 Å². The Morgan fingerprint density at radius 3 is 2.90 bits per heavy atom. The fraction of sp³-hybridized carbons (Fsp3) is 0.357. The van der Waals surface area contributed by atoms with E-state index < -0.39 is 0 Å². The van der Waals surface area contributed by atoms with Gasteiger partial charge in [0.1, 0.15) is 5.03 Å². The molecule has 0 saturated heterocycles. The second-order valence-electron chi connectivity index (χ2n) is 4.48. The SMILES string of the molecule is CCCNCc1ccc(Sc2nc(C)cc(=O)[nH]2)nc1. The summed E-state index contributed by atoms with van der Waals surface area (Å²) in [5.74, 6) is 0. The largest absolute Gasteiger partial charge is 0.313 e. The van der Waals surface area contributed by atoms with Gasteiger partial charge in [0.2, 0.25) is 0 Å². The van der Waals surface area contributed by atoms with Crippen molar-refractivity contribution in [2.45, 2.75) is 37.0 Å². The second kappa shape index (κ2) is 7.21. The van der Waals surface area contributed by atoms with Gasteiger partial charge < -0.3 is 10.3 Å². The number of aromatic nitrogens is 3. The maximum atomic E-state index is 11.4. The lowest BCUT2D eigenvalue weighted by molar-refractivity contribution is 0.673. The van der Waals surface area contributed by atoms with Crippen LogP contribution in [0.1, 0.15) is 24.6 Å². The van der Waals surface area contributed by atoms with E-state index in [1.165, 1.54) is 17.8 Å². The Kier molecular flexibility index (Phi) is 5.31. The molecule has 0 aliphatic heterocycles. The number of H-pyrrole nitrogens is 1. The van der Waals surface area contributed by atoms with Gasteiger partial charge >= 0.3 is 0 Å². The highest BCUT2D eigenvalue weighted by Gasteiger charge is 2.03. The summed E-state index contributed by atoms with van der Waals surface area (Å²) in [5, 5.41) is 4.72. The van der Waals surface area contributed by atoms with E-state index in [-0.39, 0.29) is 5.56 Å². The summed E-state index contributed by atoms with van der Waals surface area (Å²) >= 11 is 1.35. The molecule has 0 unspecified atom stereocenters. The molecule has 0 radical (unpaired) electrons. The quantitative estimate of drug-likeness (QED) is 0.630. The molecule has 2 aromatic rings. The van der Waals surface area contributed by atoms with Crippen LogP contribution in [-0.4, -0.2) is 21.5 Å². The molecule has 0 atom stereocenters. The number of nitrogens with zero attached hydrogens (tertiary/aromatic N) is 2. The standard InChI is InChI=1S/C14H18N4OS/c1-3-6-15-8-11-4-5-13(16-9-11)20-14-17-10(2)7-12(19)18-14/h4-5,7,9,15H,3,6,8H2,1-2H3,(H,17,18,19). The molecule has 0 aliphatic carbocycles. The van der Waals surface area contributed by atoms with Crippen LogP contribution in [0.4, 0.5) is 0 Å². The van der Waals surface area contributed by atoms with Crippen molar-refractivity contribution in [1.82, 2.24) is 20.3 Å². The van der Waals surface area contributed by atoms with E-state index in [1.807, 2.05) is 18.3 Å². The van der Waals surface area contributed by atoms with Crippen LogP contribution < -0.4 is 10.9 Å². The summed E-state index contributed by atoms with van der Waals surface area (Å²) in [6.07, 6.45) is 2.96. The molecule has 0 spiro atoms. The van der Waals surface area contributed by atoms with Gasteiger partial charge in [-0.05, 0) is 43.3 Å². The highest BCUT2D eigenvalue weighted by molar-refractivity contribution is 7.99. The lowest BCUT2D eigenvalue weighted by Crippen LogP contribution is -2.13. The molecule has 0 aliphatic rings. The van der Waals surface area contributed by atoms with Gasteiger partial charge in [0, 0.05) is 24.5 Å². The van der Waals surface area contributed by atoms with Crippen molar-refractivity contribution >= 4 is 11.8 Å². The number of hydrogen-bond donors (Lipinski definition) is 2. The fourth-order valence-electron chi connectivity index (χ4n) is 1.68. The van der Waals surface area contributed by atoms with E-state index in [9.17, 15) is 4.79 Å². The lowest BCUT2D eigenvalue weighted by Gasteiger charge is -2.04. The number of aryl methyl sites for hydroxylation is 1. The van der Waals surface area contributed by atoms with Gasteiger partial charge in [-0.15, -0.1) is 0 Å². The van der Waals surface area contributed by atoms with Crippen LogP contribution in [-0.2, 0) is 6.54 Å². The Morgan fingerprint density at radius 2 is 2.25 bits per heavy atom. The van der Waals surface area contributed by atoms with E-state index in [1.54, 1.807) is 6.92 Å². The summed E-state index contributed by atoms with van der Waals surface area (Å²) in [6, 6.07) is 5.45. The maximum absolute atomic E-state index is 11.4. The minimum atomic E-state index is -0.139. The van der Waals surface area contributed by atoms with Crippen LogP contribution in [0.3, 0.4) is 0 Å². The minimum absolute atomic E-state index is 0.139. The van der Waals surface area contributed by atoms with Crippen molar-refractivity contribution < 1.29 is 0 Å². The van der Waals surface area contributed by atoms with Gasteiger partial charge in [-0.25, -0.2) is 9.97 Å². The molecule has 106 valence electrons. The smallest absolute Gasteiger partial charge is 0.251 e. The molecule has 2 heterocycles. The molecule has 2 N–H and O–H groups in total. The number of aromatic amines is 1. The Hall–Kier alpha value is -1.66. The molecule has 20 heavy (non-hydrogen) atoms. The molecule has 0 aromatic carbocycles. The zero-order chi connectivity index (χ0) is 14.4. The first-order chi connectivity index (χ1) is 9.67. The summed E-state index contributed by atoms with van der Waals surface area (Å²) < 4.78 is 0. The van der Waals surface area contributed by atoms with E-state index in [0.717, 1.165) is 30.1 Å². The highest BCUT2D eigenvalue weighted by Crippen LogP contribution is 2.21. The van der Waals surface area contributed by atoms with Crippen LogP contribution in [0, 0.1) is 6.92 Å². The normalized spacial score (nSPS) is 10.7. The van der Waals surface area contributed by atoms with Gasteiger partial charge in [0.15, 0.2) is 5.16 Å². The molecular formula is C14H18N4OS. The van der Waals surface area contributed by atoms with Gasteiger partial charge in [-0.3, -0.25) is 4.79 Å². The van der Waals surface area contributed by atoms with Crippen LogP contribution in [0.5, 0.6) is 0 Å². The topological polar surface area (TPSA) is 70.7 Å². The zero-order valence-corrected chi connectivity index (χ0v) is 12.5. The van der Waals surface area contributed by atoms with Crippen molar-refractivity contribution in [2.75, 3.05) is 6.54 Å². The van der Waals surface area contributed by atoms with Gasteiger partial charge in [-0.1, -0.05) is 13.0 Å². The van der Waals surface area contributed by atoms with Crippen molar-refractivity contribution in [3.05, 3.63) is 46.0 Å². The van der Waals surface area contributed by atoms with Crippen molar-refractivity contribution in [3.63, 3.8) is 0 Å². The minimum Gasteiger partial charge on any atom is -0.313 e. The predicted molar refractivity (Wildman–Crippen MR) is 80.0 cm³/mol. The molecule has 6 heteroatoms. The van der Waals surface area contributed by atoms with Crippen molar-refractivity contribution in [1.29, 1.82) is 0 Å². The number of hydrogen-bond acceptors (Lipinski definition) is 5. The molecule has 0 saturated carbocycles. The third kappa shape index (κ3) is 4.47. The Morgan fingerprint density at radius 1 is 1.40 bits per heavy atom. The molecule has 0 bridgehead atoms. The number of nitrogens with one attached hydrogen (secondary N) is 2. The zero-order valence-electron chi connectivity index (χ0n) is 11.6. The average Bonchev–Trinajstić information content (AvgIpc) is 2.40. The van der Waals surface area contributed by atoms with E-state index in [2.05, 4.69) is 27.2 Å². The molecule has 0 fully saturated rings. The summed E-state index contributed by atoms with van der Waals surface area (Å²) in [7, 11) is 0. The van der Waals surface area contributed by atoms with Crippen molar-refractivity contribution in [3.8, 4) is 0 Å². The van der Waals surface area contributed by atoms with Crippen LogP contribution in [0.2, 0.25) is 0 Å². The summed E-state index contributed by atoms with van der Waals surface area (Å²) in [4.78, 5) is 22.7. The third-order valence-electron chi connectivity index (χ3n) is 2.60. The number of rotatable bonds is 6. The van der Waals surface area contributed by atoms with E-state index in [4.69, 9.17) is 0 Å². The molecule has 0 amide bonds. The highest BCUT2D eigenvalue weighted by atomic mass is 32.2. The summed E-state index contributed by atoms with van der Waals surface area (Å²) in [5.41, 5.74) is 1.71. The van der Waals surface area contributed by atoms with Gasteiger partial charge in [0.25, 0.3) is 5.56 Å². The molecule has 2 aromatic heterocycles.